The molecule has 166 valence electrons. The van der Waals surface area contributed by atoms with Gasteiger partial charge in [0.05, 0.1) is 5.75 Å². The third-order valence-electron chi connectivity index (χ3n) is 4.89. The van der Waals surface area contributed by atoms with Crippen molar-refractivity contribution in [1.29, 1.82) is 5.26 Å². The zero-order valence-electron chi connectivity index (χ0n) is 18.4. The molecule has 0 bridgehead atoms. The van der Waals surface area contributed by atoms with Crippen LogP contribution >= 0.6 is 11.5 Å². The highest BCUT2D eigenvalue weighted by Gasteiger charge is 2.20. The number of carbonyl (C=O) groups is 1. The number of benzene rings is 1. The van der Waals surface area contributed by atoms with Gasteiger partial charge in [0.1, 0.15) is 11.6 Å². The molecule has 0 aliphatic rings. The molecule has 0 atom stereocenters. The molecule has 0 radical (unpaired) electrons. The molecule has 2 aromatic heterocycles. The maximum Gasteiger partial charge on any atom is 0.268 e. The number of sulfone groups is 1. The van der Waals surface area contributed by atoms with Gasteiger partial charge in [-0.3, -0.25) is 10.1 Å². The minimum atomic E-state index is -3.57. The standard InChI is InChI=1S/C22H23N5O3S2/c1-6-32(29,30)22-25-21(31-26-22)24-20(28)18(12-23)11-17-10-15(4)27(16(17)5)19-8-13(2)7-14(3)9-19/h7-11H,6H2,1-5H3,(H,24,25,26,28). The Morgan fingerprint density at radius 3 is 2.44 bits per heavy atom. The first-order valence-corrected chi connectivity index (χ1v) is 12.3. The Balaban J connectivity index is 1.92. The van der Waals surface area contributed by atoms with Crippen LogP contribution in [0.15, 0.2) is 35.0 Å². The number of rotatable bonds is 6. The second-order valence-corrected chi connectivity index (χ2v) is 10.3. The Hall–Kier alpha value is -3.29. The van der Waals surface area contributed by atoms with E-state index in [4.69, 9.17) is 0 Å². The zero-order valence-corrected chi connectivity index (χ0v) is 20.1. The maximum atomic E-state index is 12.6. The smallest absolute Gasteiger partial charge is 0.268 e. The lowest BCUT2D eigenvalue weighted by Crippen LogP contribution is -2.14. The van der Waals surface area contributed by atoms with E-state index in [1.807, 2.05) is 39.8 Å². The van der Waals surface area contributed by atoms with Gasteiger partial charge in [0, 0.05) is 28.6 Å². The number of anilines is 1. The molecule has 0 aliphatic carbocycles. The van der Waals surface area contributed by atoms with Crippen molar-refractivity contribution < 1.29 is 13.2 Å². The van der Waals surface area contributed by atoms with Crippen molar-refractivity contribution in [3.63, 3.8) is 0 Å². The highest BCUT2D eigenvalue weighted by Crippen LogP contribution is 2.25. The van der Waals surface area contributed by atoms with Crippen molar-refractivity contribution in [3.8, 4) is 11.8 Å². The van der Waals surface area contributed by atoms with Gasteiger partial charge >= 0.3 is 0 Å². The average molecular weight is 470 g/mol. The molecule has 0 unspecified atom stereocenters. The van der Waals surface area contributed by atoms with Crippen LogP contribution in [0.5, 0.6) is 0 Å². The van der Waals surface area contributed by atoms with Crippen LogP contribution in [0.4, 0.5) is 5.13 Å². The van der Waals surface area contributed by atoms with Gasteiger partial charge in [0.25, 0.3) is 11.1 Å². The van der Waals surface area contributed by atoms with E-state index in [1.165, 1.54) is 13.0 Å². The molecule has 0 aliphatic heterocycles. The van der Waals surface area contributed by atoms with Crippen LogP contribution in [0, 0.1) is 39.0 Å². The Morgan fingerprint density at radius 1 is 1.19 bits per heavy atom. The summed E-state index contributed by atoms with van der Waals surface area (Å²) >= 11 is 0.751. The number of hydrogen-bond donors (Lipinski definition) is 1. The summed E-state index contributed by atoms with van der Waals surface area (Å²) in [6.45, 7) is 9.45. The summed E-state index contributed by atoms with van der Waals surface area (Å²) in [4.78, 5) is 16.5. The van der Waals surface area contributed by atoms with Crippen molar-refractivity contribution in [1.82, 2.24) is 13.9 Å². The number of aryl methyl sites for hydroxylation is 3. The lowest BCUT2D eigenvalue weighted by Gasteiger charge is -2.12. The Morgan fingerprint density at radius 2 is 1.84 bits per heavy atom. The Labute approximate surface area is 191 Å². The first-order chi connectivity index (χ1) is 15.1. The summed E-state index contributed by atoms with van der Waals surface area (Å²) in [6.07, 6.45) is 1.52. The summed E-state index contributed by atoms with van der Waals surface area (Å²) in [7, 11) is -3.57. The highest BCUT2D eigenvalue weighted by molar-refractivity contribution is 7.91. The van der Waals surface area contributed by atoms with E-state index < -0.39 is 15.7 Å². The molecule has 0 saturated carbocycles. The molecule has 10 heteroatoms. The van der Waals surface area contributed by atoms with Crippen LogP contribution in [-0.4, -0.2) is 34.0 Å². The molecule has 1 amide bonds. The summed E-state index contributed by atoms with van der Waals surface area (Å²) in [5.41, 5.74) is 5.76. The molecular weight excluding hydrogens is 446 g/mol. The van der Waals surface area contributed by atoms with Crippen LogP contribution in [-0.2, 0) is 14.6 Å². The lowest BCUT2D eigenvalue weighted by atomic mass is 10.1. The van der Waals surface area contributed by atoms with E-state index in [9.17, 15) is 18.5 Å². The minimum absolute atomic E-state index is 0.0175. The average Bonchev–Trinajstić information content (AvgIpc) is 3.29. The fourth-order valence-corrected chi connectivity index (χ4v) is 4.98. The lowest BCUT2D eigenvalue weighted by molar-refractivity contribution is -0.112. The van der Waals surface area contributed by atoms with E-state index in [0.29, 0.717) is 0 Å². The number of amides is 1. The summed E-state index contributed by atoms with van der Waals surface area (Å²) in [5.74, 6) is -0.823. The van der Waals surface area contributed by atoms with Crippen molar-refractivity contribution in [2.24, 2.45) is 0 Å². The van der Waals surface area contributed by atoms with Crippen molar-refractivity contribution in [2.45, 2.75) is 39.8 Å². The normalized spacial score (nSPS) is 11.9. The number of nitrogens with one attached hydrogen (secondary N) is 1. The SMILES string of the molecule is CCS(=O)(=O)c1nsc(NC(=O)C(C#N)=Cc2cc(C)n(-c3cc(C)cc(C)c3)c2C)n1. The van der Waals surface area contributed by atoms with E-state index >= 15 is 0 Å². The Bertz CT molecular complexity index is 1350. The predicted molar refractivity (Wildman–Crippen MR) is 125 cm³/mol. The highest BCUT2D eigenvalue weighted by atomic mass is 32.2. The molecular formula is C22H23N5O3S2. The number of nitriles is 1. The van der Waals surface area contributed by atoms with Gasteiger partial charge in [-0.1, -0.05) is 13.0 Å². The summed E-state index contributed by atoms with van der Waals surface area (Å²) in [5, 5.41) is 11.7. The van der Waals surface area contributed by atoms with Gasteiger partial charge in [-0.2, -0.15) is 14.6 Å². The molecule has 1 aromatic carbocycles. The van der Waals surface area contributed by atoms with E-state index in [-0.39, 0.29) is 21.6 Å². The van der Waals surface area contributed by atoms with Crippen molar-refractivity contribution in [2.75, 3.05) is 11.1 Å². The summed E-state index contributed by atoms with van der Waals surface area (Å²) < 4.78 is 29.6. The molecule has 0 saturated heterocycles. The van der Waals surface area contributed by atoms with Crippen LogP contribution < -0.4 is 5.32 Å². The van der Waals surface area contributed by atoms with Gasteiger partial charge in [0.2, 0.25) is 15.0 Å². The number of aromatic nitrogens is 3. The topological polar surface area (TPSA) is 118 Å². The molecule has 3 rings (SSSR count). The van der Waals surface area contributed by atoms with Gasteiger partial charge in [-0.25, -0.2) is 8.42 Å². The first-order valence-electron chi connectivity index (χ1n) is 9.83. The second-order valence-electron chi connectivity index (χ2n) is 7.42. The molecule has 32 heavy (non-hydrogen) atoms. The van der Waals surface area contributed by atoms with E-state index in [0.717, 1.165) is 45.3 Å². The molecule has 0 fully saturated rings. The van der Waals surface area contributed by atoms with Crippen molar-refractivity contribution >= 4 is 38.5 Å². The fourth-order valence-electron chi connectivity index (χ4n) is 3.40. The molecule has 8 nitrogen and oxygen atoms in total. The van der Waals surface area contributed by atoms with Crippen LogP contribution in [0.1, 0.15) is 35.0 Å². The number of carbonyl (C=O) groups excluding carboxylic acids is 1. The predicted octanol–water partition coefficient (Wildman–Crippen LogP) is 3.90. The minimum Gasteiger partial charge on any atom is -0.318 e. The van der Waals surface area contributed by atoms with Gasteiger partial charge < -0.3 is 4.57 Å². The van der Waals surface area contributed by atoms with E-state index in [2.05, 4.69) is 37.4 Å². The second kappa shape index (κ2) is 9.06. The number of hydrogen-bond acceptors (Lipinski definition) is 7. The van der Waals surface area contributed by atoms with Gasteiger partial charge in [0.15, 0.2) is 0 Å². The van der Waals surface area contributed by atoms with Gasteiger partial charge in [-0.15, -0.1) is 0 Å². The zero-order chi connectivity index (χ0) is 23.6. The monoisotopic (exact) mass is 469 g/mol. The summed E-state index contributed by atoms with van der Waals surface area (Å²) in [6, 6.07) is 10.1. The number of nitrogens with zero attached hydrogens (tertiary/aromatic N) is 4. The quantitative estimate of drug-likeness (QED) is 0.432. The van der Waals surface area contributed by atoms with Crippen LogP contribution in [0.25, 0.3) is 11.8 Å². The largest absolute Gasteiger partial charge is 0.318 e. The molecule has 2 heterocycles. The molecule has 3 aromatic rings. The fraction of sp³-hybridized carbons (Fsp3) is 0.273. The van der Waals surface area contributed by atoms with Crippen LogP contribution in [0.2, 0.25) is 0 Å². The Kier molecular flexibility index (Phi) is 6.62. The van der Waals surface area contributed by atoms with Crippen molar-refractivity contribution in [3.05, 3.63) is 57.9 Å². The van der Waals surface area contributed by atoms with Crippen LogP contribution in [0.3, 0.4) is 0 Å². The third-order valence-corrected chi connectivity index (χ3v) is 7.13. The van der Waals surface area contributed by atoms with Gasteiger partial charge in [-0.05, 0) is 68.7 Å². The third kappa shape index (κ3) is 4.79. The first kappa shape index (κ1) is 23.4. The van der Waals surface area contributed by atoms with E-state index in [1.54, 1.807) is 0 Å². The molecule has 1 N–H and O–H groups in total. The maximum absolute atomic E-state index is 12.6. The molecule has 0 spiro atoms.